The lowest BCUT2D eigenvalue weighted by Gasteiger charge is -2.09. The average Bonchev–Trinajstić information content (AvgIpc) is 2.33. The summed E-state index contributed by atoms with van der Waals surface area (Å²) in [5.41, 5.74) is 12.6. The highest BCUT2D eigenvalue weighted by Crippen LogP contribution is 2.23. The first kappa shape index (κ1) is 11.0. The van der Waals surface area contributed by atoms with Crippen molar-refractivity contribution in [3.63, 3.8) is 0 Å². The third-order valence-electron chi connectivity index (χ3n) is 2.19. The van der Waals surface area contributed by atoms with Crippen LogP contribution in [0.4, 0.5) is 23.1 Å². The van der Waals surface area contributed by atoms with Crippen molar-refractivity contribution in [2.24, 2.45) is 0 Å². The van der Waals surface area contributed by atoms with Crippen molar-refractivity contribution < 1.29 is 4.74 Å². The number of ether oxygens (including phenoxy) is 1. The molecule has 1 aromatic heterocycles. The van der Waals surface area contributed by atoms with Crippen LogP contribution in [-0.2, 0) is 0 Å². The topological polar surface area (TPSA) is 99.1 Å². The van der Waals surface area contributed by atoms with Gasteiger partial charge in [-0.2, -0.15) is 4.98 Å². The van der Waals surface area contributed by atoms with E-state index in [2.05, 4.69) is 15.3 Å². The van der Waals surface area contributed by atoms with E-state index < -0.39 is 0 Å². The second-order valence-electron chi connectivity index (χ2n) is 3.38. The maximum absolute atomic E-state index is 5.71. The summed E-state index contributed by atoms with van der Waals surface area (Å²) in [6.45, 7) is 0. The minimum atomic E-state index is 0.152. The van der Waals surface area contributed by atoms with Gasteiger partial charge in [0.1, 0.15) is 11.4 Å². The quantitative estimate of drug-likeness (QED) is 0.738. The number of benzene rings is 1. The van der Waals surface area contributed by atoms with Gasteiger partial charge < -0.3 is 21.5 Å². The molecule has 0 saturated carbocycles. The Labute approximate surface area is 98.6 Å². The van der Waals surface area contributed by atoms with Crippen LogP contribution in [0.25, 0.3) is 0 Å². The van der Waals surface area contributed by atoms with E-state index in [-0.39, 0.29) is 5.95 Å². The van der Waals surface area contributed by atoms with Crippen LogP contribution < -0.4 is 21.5 Å². The lowest BCUT2D eigenvalue weighted by atomic mass is 10.3. The molecule has 2 rings (SSSR count). The van der Waals surface area contributed by atoms with Crippen LogP contribution in [0, 0.1) is 0 Å². The number of nitrogens with one attached hydrogen (secondary N) is 1. The molecule has 0 aliphatic carbocycles. The molecule has 5 N–H and O–H groups in total. The van der Waals surface area contributed by atoms with E-state index in [1.165, 1.54) is 6.20 Å². The van der Waals surface area contributed by atoms with E-state index in [4.69, 9.17) is 16.2 Å². The summed E-state index contributed by atoms with van der Waals surface area (Å²) in [5, 5.41) is 3.09. The van der Waals surface area contributed by atoms with E-state index in [9.17, 15) is 0 Å². The zero-order valence-corrected chi connectivity index (χ0v) is 9.34. The second kappa shape index (κ2) is 4.56. The zero-order valence-electron chi connectivity index (χ0n) is 9.34. The molecule has 0 fully saturated rings. The molecule has 0 radical (unpaired) electrons. The van der Waals surface area contributed by atoms with Crippen molar-refractivity contribution in [2.45, 2.75) is 0 Å². The molecule has 0 aliphatic heterocycles. The highest BCUT2D eigenvalue weighted by molar-refractivity contribution is 5.70. The molecule has 0 atom stereocenters. The summed E-state index contributed by atoms with van der Waals surface area (Å²) < 4.78 is 5.12. The highest BCUT2D eigenvalue weighted by atomic mass is 16.5. The van der Waals surface area contributed by atoms with Crippen LogP contribution in [0.15, 0.2) is 30.5 Å². The van der Waals surface area contributed by atoms with Crippen LogP contribution in [0.1, 0.15) is 0 Å². The van der Waals surface area contributed by atoms with Gasteiger partial charge in [0, 0.05) is 11.8 Å². The number of anilines is 4. The number of hydrogen-bond acceptors (Lipinski definition) is 6. The smallest absolute Gasteiger partial charge is 0.222 e. The molecule has 0 saturated heterocycles. The average molecular weight is 231 g/mol. The van der Waals surface area contributed by atoms with E-state index in [0.717, 1.165) is 11.4 Å². The van der Waals surface area contributed by atoms with Gasteiger partial charge in [0.05, 0.1) is 13.3 Å². The summed E-state index contributed by atoms with van der Waals surface area (Å²) in [6, 6.07) is 7.46. The van der Waals surface area contributed by atoms with Gasteiger partial charge in [0.25, 0.3) is 0 Å². The fraction of sp³-hybridized carbons (Fsp3) is 0.0909. The van der Waals surface area contributed by atoms with Crippen molar-refractivity contribution >= 4 is 23.1 Å². The lowest BCUT2D eigenvalue weighted by molar-refractivity contribution is 0.415. The molecule has 1 aromatic carbocycles. The number of nitrogens with zero attached hydrogens (tertiary/aromatic N) is 2. The first-order valence-electron chi connectivity index (χ1n) is 4.98. The summed E-state index contributed by atoms with van der Waals surface area (Å²) in [7, 11) is 1.61. The SMILES string of the molecule is COc1cccc(Nc2cnc(N)nc2N)c1. The van der Waals surface area contributed by atoms with Crippen LogP contribution in [-0.4, -0.2) is 17.1 Å². The monoisotopic (exact) mass is 231 g/mol. The van der Waals surface area contributed by atoms with E-state index in [1.807, 2.05) is 24.3 Å². The lowest BCUT2D eigenvalue weighted by Crippen LogP contribution is -2.03. The van der Waals surface area contributed by atoms with Gasteiger partial charge in [0.15, 0.2) is 5.82 Å². The summed E-state index contributed by atoms with van der Waals surface area (Å²) in [5.74, 6) is 1.21. The van der Waals surface area contributed by atoms with Crippen LogP contribution in [0.3, 0.4) is 0 Å². The van der Waals surface area contributed by atoms with E-state index in [1.54, 1.807) is 7.11 Å². The van der Waals surface area contributed by atoms with E-state index in [0.29, 0.717) is 11.5 Å². The standard InChI is InChI=1S/C11H13N5O/c1-17-8-4-2-3-7(5-8)15-9-6-14-11(13)16-10(9)12/h2-6,15H,1H3,(H4,12,13,14,16). The molecule has 88 valence electrons. The summed E-state index contributed by atoms with van der Waals surface area (Å²) >= 11 is 0. The predicted molar refractivity (Wildman–Crippen MR) is 67.1 cm³/mol. The van der Waals surface area contributed by atoms with Gasteiger partial charge in [-0.1, -0.05) is 6.07 Å². The Morgan fingerprint density at radius 3 is 2.82 bits per heavy atom. The molecular weight excluding hydrogens is 218 g/mol. The molecule has 6 heteroatoms. The highest BCUT2D eigenvalue weighted by Gasteiger charge is 2.03. The van der Waals surface area contributed by atoms with Crippen molar-refractivity contribution in [1.29, 1.82) is 0 Å². The first-order valence-corrected chi connectivity index (χ1v) is 4.98. The van der Waals surface area contributed by atoms with Crippen molar-refractivity contribution in [2.75, 3.05) is 23.9 Å². The van der Waals surface area contributed by atoms with Crippen molar-refractivity contribution in [3.05, 3.63) is 30.5 Å². The fourth-order valence-corrected chi connectivity index (χ4v) is 1.36. The molecule has 2 aromatic rings. The Hall–Kier alpha value is -2.50. The Bertz CT molecular complexity index is 529. The Kier molecular flexibility index (Phi) is 2.95. The van der Waals surface area contributed by atoms with Crippen LogP contribution in [0.5, 0.6) is 5.75 Å². The van der Waals surface area contributed by atoms with Crippen molar-refractivity contribution in [3.8, 4) is 5.75 Å². The Morgan fingerprint density at radius 1 is 1.29 bits per heavy atom. The van der Waals surface area contributed by atoms with Gasteiger partial charge in [-0.05, 0) is 12.1 Å². The van der Waals surface area contributed by atoms with Gasteiger partial charge in [-0.15, -0.1) is 0 Å². The first-order chi connectivity index (χ1) is 8.19. The molecule has 0 amide bonds. The van der Waals surface area contributed by atoms with Crippen LogP contribution >= 0.6 is 0 Å². The number of nitrogens with two attached hydrogens (primary N) is 2. The van der Waals surface area contributed by atoms with Gasteiger partial charge in [-0.3, -0.25) is 0 Å². The molecule has 6 nitrogen and oxygen atoms in total. The maximum atomic E-state index is 5.71. The molecule has 0 spiro atoms. The molecule has 0 aliphatic rings. The van der Waals surface area contributed by atoms with Crippen LogP contribution in [0.2, 0.25) is 0 Å². The van der Waals surface area contributed by atoms with Gasteiger partial charge in [-0.25, -0.2) is 4.98 Å². The number of hydrogen-bond donors (Lipinski definition) is 3. The molecule has 1 heterocycles. The second-order valence-corrected chi connectivity index (χ2v) is 3.38. The number of rotatable bonds is 3. The summed E-state index contributed by atoms with van der Waals surface area (Å²) in [4.78, 5) is 7.73. The molecular formula is C11H13N5O. The normalized spacial score (nSPS) is 9.94. The Morgan fingerprint density at radius 2 is 2.12 bits per heavy atom. The summed E-state index contributed by atoms with van der Waals surface area (Å²) in [6.07, 6.45) is 1.54. The largest absolute Gasteiger partial charge is 0.497 e. The minimum Gasteiger partial charge on any atom is -0.497 e. The molecule has 17 heavy (non-hydrogen) atoms. The zero-order chi connectivity index (χ0) is 12.3. The van der Waals surface area contributed by atoms with Gasteiger partial charge in [0.2, 0.25) is 5.95 Å². The number of methoxy groups -OCH3 is 1. The maximum Gasteiger partial charge on any atom is 0.222 e. The molecule has 0 unspecified atom stereocenters. The van der Waals surface area contributed by atoms with Crippen molar-refractivity contribution in [1.82, 2.24) is 9.97 Å². The predicted octanol–water partition coefficient (Wildman–Crippen LogP) is 1.39. The Balaban J connectivity index is 2.25. The molecule has 0 bridgehead atoms. The third-order valence-corrected chi connectivity index (χ3v) is 2.19. The third kappa shape index (κ3) is 2.54. The minimum absolute atomic E-state index is 0.152. The van der Waals surface area contributed by atoms with Gasteiger partial charge >= 0.3 is 0 Å². The number of aromatic nitrogens is 2. The fourth-order valence-electron chi connectivity index (χ4n) is 1.36. The number of nitrogen functional groups attached to an aromatic ring is 2. The van der Waals surface area contributed by atoms with E-state index >= 15 is 0 Å².